The molecule has 1 N–H and O–H groups in total. The molecule has 128 valence electrons. The molecule has 0 heterocycles. The van der Waals surface area contributed by atoms with Gasteiger partial charge in [0.2, 0.25) is 5.91 Å². The number of benzene rings is 1. The van der Waals surface area contributed by atoms with E-state index in [9.17, 15) is 18.7 Å². The van der Waals surface area contributed by atoms with E-state index >= 15 is 0 Å². The number of rotatable bonds is 6. The summed E-state index contributed by atoms with van der Waals surface area (Å²) in [5.41, 5.74) is -0.0587. The molecule has 0 bridgehead atoms. The van der Waals surface area contributed by atoms with E-state index in [1.165, 1.54) is 12.1 Å². The quantitative estimate of drug-likeness (QED) is 0.872. The van der Waals surface area contributed by atoms with Crippen LogP contribution in [0.1, 0.15) is 44.1 Å². The molecule has 0 spiro atoms. The Labute approximate surface area is 135 Å². The van der Waals surface area contributed by atoms with Crippen LogP contribution < -0.4 is 4.74 Å². The smallest absolute Gasteiger partial charge is 0.387 e. The first-order chi connectivity index (χ1) is 10.9. The van der Waals surface area contributed by atoms with E-state index in [0.717, 1.165) is 24.8 Å². The maximum absolute atomic E-state index is 12.3. The van der Waals surface area contributed by atoms with Gasteiger partial charge in [0, 0.05) is 13.6 Å². The van der Waals surface area contributed by atoms with Crippen molar-refractivity contribution < 1.29 is 23.4 Å². The van der Waals surface area contributed by atoms with Gasteiger partial charge in [-0.2, -0.15) is 8.78 Å². The van der Waals surface area contributed by atoms with Gasteiger partial charge >= 0.3 is 6.61 Å². The van der Waals surface area contributed by atoms with Crippen molar-refractivity contribution >= 4 is 5.91 Å². The summed E-state index contributed by atoms with van der Waals surface area (Å²) in [7, 11) is 1.68. The molecule has 0 saturated heterocycles. The zero-order valence-corrected chi connectivity index (χ0v) is 13.3. The van der Waals surface area contributed by atoms with Crippen LogP contribution >= 0.6 is 0 Å². The number of hydrogen-bond acceptors (Lipinski definition) is 3. The number of carbonyl (C=O) groups excluding carboxylic acids is 1. The lowest BCUT2D eigenvalue weighted by Crippen LogP contribution is -2.39. The fraction of sp³-hybridized carbons (Fsp3) is 0.588. The molecule has 1 aromatic carbocycles. The summed E-state index contributed by atoms with van der Waals surface area (Å²) >= 11 is 0. The predicted molar refractivity (Wildman–Crippen MR) is 82.2 cm³/mol. The van der Waals surface area contributed by atoms with Crippen LogP contribution in [0.25, 0.3) is 0 Å². The van der Waals surface area contributed by atoms with Gasteiger partial charge in [0.15, 0.2) is 0 Å². The van der Waals surface area contributed by atoms with Gasteiger partial charge in [0.1, 0.15) is 5.75 Å². The van der Waals surface area contributed by atoms with E-state index in [4.69, 9.17) is 0 Å². The van der Waals surface area contributed by atoms with Gasteiger partial charge in [-0.15, -0.1) is 0 Å². The Bertz CT molecular complexity index is 513. The number of halogens is 2. The van der Waals surface area contributed by atoms with Gasteiger partial charge in [-0.1, -0.05) is 31.4 Å². The van der Waals surface area contributed by atoms with Crippen molar-refractivity contribution in [3.8, 4) is 5.75 Å². The average molecular weight is 327 g/mol. The second kappa shape index (κ2) is 7.73. The molecule has 1 aliphatic carbocycles. The number of aliphatic hydroxyl groups is 1. The van der Waals surface area contributed by atoms with Crippen molar-refractivity contribution in [3.63, 3.8) is 0 Å². The Balaban J connectivity index is 1.87. The van der Waals surface area contributed by atoms with Crippen LogP contribution in [0.2, 0.25) is 0 Å². The van der Waals surface area contributed by atoms with Gasteiger partial charge in [0.05, 0.1) is 12.0 Å². The molecule has 1 aromatic rings. The predicted octanol–water partition coefficient (Wildman–Crippen LogP) is 3.33. The Hall–Kier alpha value is -1.69. The average Bonchev–Trinajstić information content (AvgIpc) is 2.49. The summed E-state index contributed by atoms with van der Waals surface area (Å²) in [6, 6.07) is 6.20. The summed E-state index contributed by atoms with van der Waals surface area (Å²) in [5, 5.41) is 10.4. The van der Waals surface area contributed by atoms with Crippen molar-refractivity contribution in [2.45, 2.75) is 57.3 Å². The molecule has 0 atom stereocenters. The van der Waals surface area contributed by atoms with Crippen LogP contribution in [-0.2, 0) is 11.3 Å². The molecule has 6 heteroatoms. The van der Waals surface area contributed by atoms with E-state index in [2.05, 4.69) is 4.74 Å². The maximum atomic E-state index is 12.3. The molecular weight excluding hydrogens is 304 g/mol. The van der Waals surface area contributed by atoms with Crippen LogP contribution in [0.5, 0.6) is 5.75 Å². The van der Waals surface area contributed by atoms with Gasteiger partial charge < -0.3 is 14.7 Å². The second-order valence-corrected chi connectivity index (χ2v) is 6.23. The highest BCUT2D eigenvalue weighted by Crippen LogP contribution is 2.31. The third kappa shape index (κ3) is 5.46. The fourth-order valence-electron chi connectivity index (χ4n) is 2.94. The van der Waals surface area contributed by atoms with E-state index < -0.39 is 12.2 Å². The standard InChI is InChI=1S/C17H23F2NO3/c1-20(15(21)11-17(22)9-3-2-4-10-17)12-13-5-7-14(8-6-13)23-16(18)19/h5-8,16,22H,2-4,9-12H2,1H3. The number of alkyl halides is 2. The molecule has 4 nitrogen and oxygen atoms in total. The first-order valence-electron chi connectivity index (χ1n) is 7.88. The van der Waals surface area contributed by atoms with Crippen molar-refractivity contribution in [1.82, 2.24) is 4.90 Å². The normalized spacial score (nSPS) is 17.1. The van der Waals surface area contributed by atoms with Crippen LogP contribution in [0.4, 0.5) is 8.78 Å². The molecule has 2 rings (SSSR count). The topological polar surface area (TPSA) is 49.8 Å². The molecule has 1 fully saturated rings. The zero-order valence-electron chi connectivity index (χ0n) is 13.3. The highest BCUT2D eigenvalue weighted by Gasteiger charge is 2.32. The largest absolute Gasteiger partial charge is 0.435 e. The van der Waals surface area contributed by atoms with Gasteiger partial charge in [-0.05, 0) is 30.5 Å². The van der Waals surface area contributed by atoms with E-state index in [-0.39, 0.29) is 18.1 Å². The number of ether oxygens (including phenoxy) is 1. The third-order valence-electron chi connectivity index (χ3n) is 4.26. The van der Waals surface area contributed by atoms with Gasteiger partial charge in [0.25, 0.3) is 0 Å². The molecule has 1 amide bonds. The number of amides is 1. The van der Waals surface area contributed by atoms with Crippen LogP contribution in [0.15, 0.2) is 24.3 Å². The molecule has 0 aromatic heterocycles. The minimum atomic E-state index is -2.85. The van der Waals surface area contributed by atoms with E-state index in [1.54, 1.807) is 24.1 Å². The first-order valence-corrected chi connectivity index (χ1v) is 7.88. The lowest BCUT2D eigenvalue weighted by molar-refractivity contribution is -0.137. The molecule has 0 radical (unpaired) electrons. The molecule has 0 aliphatic heterocycles. The Kier molecular flexibility index (Phi) is 5.93. The van der Waals surface area contributed by atoms with Crippen molar-refractivity contribution in [2.24, 2.45) is 0 Å². The van der Waals surface area contributed by atoms with Gasteiger partial charge in [-0.3, -0.25) is 4.79 Å². The number of carbonyl (C=O) groups is 1. The Morgan fingerprint density at radius 3 is 2.43 bits per heavy atom. The zero-order chi connectivity index (χ0) is 16.9. The number of nitrogens with zero attached hydrogens (tertiary/aromatic N) is 1. The minimum Gasteiger partial charge on any atom is -0.435 e. The molecule has 1 aliphatic rings. The molecule has 0 unspecified atom stereocenters. The molecular formula is C17H23F2NO3. The van der Waals surface area contributed by atoms with Crippen LogP contribution in [0.3, 0.4) is 0 Å². The van der Waals surface area contributed by atoms with Crippen molar-refractivity contribution in [2.75, 3.05) is 7.05 Å². The Morgan fingerprint density at radius 2 is 1.87 bits per heavy atom. The highest BCUT2D eigenvalue weighted by atomic mass is 19.3. The second-order valence-electron chi connectivity index (χ2n) is 6.23. The maximum Gasteiger partial charge on any atom is 0.387 e. The fourth-order valence-corrected chi connectivity index (χ4v) is 2.94. The highest BCUT2D eigenvalue weighted by molar-refractivity contribution is 5.77. The van der Waals surface area contributed by atoms with Crippen LogP contribution in [0, 0.1) is 0 Å². The number of hydrogen-bond donors (Lipinski definition) is 1. The lowest BCUT2D eigenvalue weighted by atomic mass is 9.82. The molecule has 1 saturated carbocycles. The van der Waals surface area contributed by atoms with Crippen molar-refractivity contribution in [3.05, 3.63) is 29.8 Å². The monoisotopic (exact) mass is 327 g/mol. The SMILES string of the molecule is CN(Cc1ccc(OC(F)F)cc1)C(=O)CC1(O)CCCCC1. The lowest BCUT2D eigenvalue weighted by Gasteiger charge is -2.32. The first kappa shape index (κ1) is 17.7. The molecule has 23 heavy (non-hydrogen) atoms. The summed E-state index contributed by atoms with van der Waals surface area (Å²) in [4.78, 5) is 13.8. The summed E-state index contributed by atoms with van der Waals surface area (Å²) in [6.07, 6.45) is 4.51. The summed E-state index contributed by atoms with van der Waals surface area (Å²) in [5.74, 6) is -0.0171. The third-order valence-corrected chi connectivity index (χ3v) is 4.26. The van der Waals surface area contributed by atoms with Crippen LogP contribution in [-0.4, -0.2) is 35.2 Å². The van der Waals surface area contributed by atoms with E-state index in [0.29, 0.717) is 19.4 Å². The summed E-state index contributed by atoms with van der Waals surface area (Å²) < 4.78 is 28.5. The van der Waals surface area contributed by atoms with Gasteiger partial charge in [-0.25, -0.2) is 0 Å². The summed E-state index contributed by atoms with van der Waals surface area (Å²) in [6.45, 7) is -2.48. The van der Waals surface area contributed by atoms with Crippen molar-refractivity contribution in [1.29, 1.82) is 0 Å². The minimum absolute atomic E-state index is 0.0919. The Morgan fingerprint density at radius 1 is 1.26 bits per heavy atom. The van der Waals surface area contributed by atoms with E-state index in [1.807, 2.05) is 0 Å².